The normalized spacial score (nSPS) is 16.3. The van der Waals surface area contributed by atoms with E-state index in [0.717, 1.165) is 21.8 Å². The molecule has 2 amide bonds. The van der Waals surface area contributed by atoms with Crippen LogP contribution in [0.15, 0.2) is 41.8 Å². The fourth-order valence-corrected chi connectivity index (χ4v) is 4.43. The Balaban J connectivity index is 1.68. The lowest BCUT2D eigenvalue weighted by Crippen LogP contribution is -2.53. The van der Waals surface area contributed by atoms with Crippen molar-refractivity contribution in [1.82, 2.24) is 4.98 Å². The van der Waals surface area contributed by atoms with Crippen molar-refractivity contribution >= 4 is 46.1 Å². The number of ether oxygens (including phenoxy) is 1. The van der Waals surface area contributed by atoms with Crippen molar-refractivity contribution in [3.63, 3.8) is 0 Å². The molecule has 0 aliphatic carbocycles. The molecule has 0 bridgehead atoms. The number of halogens is 1. The summed E-state index contributed by atoms with van der Waals surface area (Å²) in [5.74, 6) is 0.0252. The molecule has 1 aromatic heterocycles. The molecule has 2 atom stereocenters. The number of carbonyl (C=O) groups excluding carboxylic acids is 2. The van der Waals surface area contributed by atoms with Gasteiger partial charge in [0.15, 0.2) is 6.10 Å². The summed E-state index contributed by atoms with van der Waals surface area (Å²) in [4.78, 5) is 32.4. The Kier molecular flexibility index (Phi) is 6.22. The Morgan fingerprint density at radius 1 is 1.28 bits per heavy atom. The van der Waals surface area contributed by atoms with E-state index < -0.39 is 12.1 Å². The second kappa shape index (κ2) is 8.92. The summed E-state index contributed by atoms with van der Waals surface area (Å²) in [6.45, 7) is 7.44. The molecule has 1 N–H and O–H groups in total. The molecule has 2 unspecified atom stereocenters. The van der Waals surface area contributed by atoms with E-state index in [-0.39, 0.29) is 11.8 Å². The fraction of sp³-hybridized carbons (Fsp3) is 0.292. The van der Waals surface area contributed by atoms with Gasteiger partial charge in [0.05, 0.1) is 16.4 Å². The molecule has 32 heavy (non-hydrogen) atoms. The van der Waals surface area contributed by atoms with Crippen LogP contribution >= 0.6 is 22.9 Å². The van der Waals surface area contributed by atoms with E-state index in [0.29, 0.717) is 28.6 Å². The molecule has 1 aliphatic heterocycles. The first kappa shape index (κ1) is 22.3. The van der Waals surface area contributed by atoms with Gasteiger partial charge in [-0.05, 0) is 63.1 Å². The Bertz CT molecular complexity index is 1190. The third-order valence-electron chi connectivity index (χ3n) is 5.49. The predicted octanol–water partition coefficient (Wildman–Crippen LogP) is 5.61. The number of amides is 2. The molecule has 0 saturated carbocycles. The smallest absolute Gasteiger partial charge is 0.268 e. The first-order chi connectivity index (χ1) is 15.3. The second-order valence-corrected chi connectivity index (χ2v) is 9.26. The molecule has 0 saturated heterocycles. The lowest BCUT2D eigenvalue weighted by Gasteiger charge is -2.37. The molecule has 2 heterocycles. The number of rotatable bonds is 5. The number of aromatic nitrogens is 1. The highest BCUT2D eigenvalue weighted by Crippen LogP contribution is 2.39. The van der Waals surface area contributed by atoms with Gasteiger partial charge in [-0.1, -0.05) is 24.6 Å². The summed E-state index contributed by atoms with van der Waals surface area (Å²) in [5, 5.41) is 6.37. The summed E-state index contributed by atoms with van der Waals surface area (Å²) in [7, 11) is 0. The minimum absolute atomic E-state index is 0.240. The Morgan fingerprint density at radius 2 is 2.06 bits per heavy atom. The summed E-state index contributed by atoms with van der Waals surface area (Å²) in [5.41, 5.74) is 3.75. The summed E-state index contributed by atoms with van der Waals surface area (Å²) < 4.78 is 5.94. The molecule has 0 fully saturated rings. The molecule has 0 spiro atoms. The zero-order valence-corrected chi connectivity index (χ0v) is 19.9. The number of fused-ring (bicyclic) bond motifs is 1. The van der Waals surface area contributed by atoms with Crippen LogP contribution < -0.4 is 15.0 Å². The van der Waals surface area contributed by atoms with Crippen LogP contribution in [0.1, 0.15) is 30.8 Å². The van der Waals surface area contributed by atoms with E-state index in [1.807, 2.05) is 50.4 Å². The monoisotopic (exact) mass is 469 g/mol. The van der Waals surface area contributed by atoms with Crippen LogP contribution in [0.25, 0.3) is 11.3 Å². The van der Waals surface area contributed by atoms with Crippen molar-refractivity contribution in [3.05, 3.63) is 57.4 Å². The van der Waals surface area contributed by atoms with Gasteiger partial charge in [-0.15, -0.1) is 11.3 Å². The summed E-state index contributed by atoms with van der Waals surface area (Å²) in [6, 6.07) is 10.2. The van der Waals surface area contributed by atoms with Crippen molar-refractivity contribution < 1.29 is 14.3 Å². The minimum atomic E-state index is -0.758. The molecular formula is C24H24ClN3O3S. The first-order valence-electron chi connectivity index (χ1n) is 10.4. The Hall–Kier alpha value is -2.90. The Morgan fingerprint density at radius 3 is 2.72 bits per heavy atom. The van der Waals surface area contributed by atoms with Gasteiger partial charge in [0, 0.05) is 21.7 Å². The number of thiazole rings is 1. The average Bonchev–Trinajstić information content (AvgIpc) is 3.21. The maximum atomic E-state index is 13.3. The Labute approximate surface area is 196 Å². The molecule has 166 valence electrons. The van der Waals surface area contributed by atoms with Crippen molar-refractivity contribution in [2.45, 2.75) is 46.3 Å². The van der Waals surface area contributed by atoms with Gasteiger partial charge in [0.25, 0.3) is 5.91 Å². The molecule has 1 aliphatic rings. The van der Waals surface area contributed by atoms with Crippen LogP contribution in [0, 0.1) is 13.8 Å². The lowest BCUT2D eigenvalue weighted by atomic mass is 10.0. The van der Waals surface area contributed by atoms with E-state index in [1.165, 1.54) is 4.90 Å². The highest BCUT2D eigenvalue weighted by atomic mass is 35.5. The maximum absolute atomic E-state index is 13.3. The quantitative estimate of drug-likeness (QED) is 0.527. The summed E-state index contributed by atoms with van der Waals surface area (Å²) >= 11 is 7.75. The van der Waals surface area contributed by atoms with Gasteiger partial charge in [-0.2, -0.15) is 0 Å². The van der Waals surface area contributed by atoms with E-state index >= 15 is 0 Å². The second-order valence-electron chi connectivity index (χ2n) is 7.79. The van der Waals surface area contributed by atoms with Gasteiger partial charge in [0.1, 0.15) is 11.8 Å². The molecule has 2 aromatic carbocycles. The van der Waals surface area contributed by atoms with Crippen molar-refractivity contribution in [1.29, 1.82) is 0 Å². The summed E-state index contributed by atoms with van der Waals surface area (Å²) in [6.07, 6.45) is -0.136. The zero-order chi connectivity index (χ0) is 23.0. The number of anilines is 2. The number of nitrogens with zero attached hydrogens (tertiary/aromatic N) is 2. The van der Waals surface area contributed by atoms with Crippen LogP contribution in [0.4, 0.5) is 11.4 Å². The van der Waals surface area contributed by atoms with Crippen LogP contribution in [0.3, 0.4) is 0 Å². The van der Waals surface area contributed by atoms with Crippen LogP contribution in [0.5, 0.6) is 5.75 Å². The van der Waals surface area contributed by atoms with Crippen molar-refractivity contribution in [2.75, 3.05) is 10.2 Å². The number of carbonyl (C=O) groups is 2. The predicted molar refractivity (Wildman–Crippen MR) is 129 cm³/mol. The molecular weight excluding hydrogens is 446 g/mol. The molecule has 0 radical (unpaired) electrons. The van der Waals surface area contributed by atoms with Gasteiger partial charge in [-0.25, -0.2) is 4.98 Å². The van der Waals surface area contributed by atoms with Gasteiger partial charge in [-0.3, -0.25) is 14.5 Å². The van der Waals surface area contributed by atoms with E-state index in [9.17, 15) is 9.59 Å². The topological polar surface area (TPSA) is 71.5 Å². The number of aryl methyl sites for hydroxylation is 2. The standard InChI is InChI=1S/C24H24ClN3O3S/c1-5-21-24(30)28(14(3)23(29)27-17-8-6-13(2)18(25)11-17)20-10-16(7-9-22(20)31-21)19-12-32-15(4)26-19/h6-12,14,21H,5H2,1-4H3,(H,27,29). The average molecular weight is 470 g/mol. The third kappa shape index (κ3) is 4.23. The largest absolute Gasteiger partial charge is 0.478 e. The zero-order valence-electron chi connectivity index (χ0n) is 18.3. The van der Waals surface area contributed by atoms with Crippen LogP contribution in [0.2, 0.25) is 5.02 Å². The molecule has 4 rings (SSSR count). The SMILES string of the molecule is CCC1Oc2ccc(-c3csc(C)n3)cc2N(C(C)C(=O)Nc2ccc(C)c(Cl)c2)C1=O. The number of hydrogen-bond donors (Lipinski definition) is 1. The van der Waals surface area contributed by atoms with Crippen LogP contribution in [-0.4, -0.2) is 28.9 Å². The fourth-order valence-electron chi connectivity index (χ4n) is 3.63. The minimum Gasteiger partial charge on any atom is -0.478 e. The highest BCUT2D eigenvalue weighted by molar-refractivity contribution is 7.09. The van der Waals surface area contributed by atoms with Crippen LogP contribution in [-0.2, 0) is 9.59 Å². The third-order valence-corrected chi connectivity index (χ3v) is 6.67. The number of benzene rings is 2. The van der Waals surface area contributed by atoms with E-state index in [2.05, 4.69) is 10.3 Å². The molecule has 8 heteroatoms. The van der Waals surface area contributed by atoms with Crippen molar-refractivity contribution in [3.8, 4) is 17.0 Å². The number of hydrogen-bond acceptors (Lipinski definition) is 5. The van der Waals surface area contributed by atoms with E-state index in [4.69, 9.17) is 16.3 Å². The lowest BCUT2D eigenvalue weighted by molar-refractivity contribution is -0.129. The number of nitrogens with one attached hydrogen (secondary N) is 1. The molecule has 6 nitrogen and oxygen atoms in total. The highest BCUT2D eigenvalue weighted by Gasteiger charge is 2.38. The first-order valence-corrected chi connectivity index (χ1v) is 11.7. The van der Waals surface area contributed by atoms with Gasteiger partial charge >= 0.3 is 0 Å². The maximum Gasteiger partial charge on any atom is 0.268 e. The molecule has 3 aromatic rings. The van der Waals surface area contributed by atoms with E-state index in [1.54, 1.807) is 30.4 Å². The van der Waals surface area contributed by atoms with Crippen molar-refractivity contribution in [2.24, 2.45) is 0 Å². The van der Waals surface area contributed by atoms with Gasteiger partial charge in [0.2, 0.25) is 5.91 Å². The van der Waals surface area contributed by atoms with Gasteiger partial charge < -0.3 is 10.1 Å².